The van der Waals surface area contributed by atoms with Crippen LogP contribution in [-0.2, 0) is 0 Å². The summed E-state index contributed by atoms with van der Waals surface area (Å²) in [6.45, 7) is 3.97. The molecule has 35 valence electrons. The van der Waals surface area contributed by atoms with E-state index in [-0.39, 0.29) is 0 Å². The molecule has 0 saturated carbocycles. The van der Waals surface area contributed by atoms with Gasteiger partial charge in [-0.1, -0.05) is 0 Å². The zero-order valence-corrected chi connectivity index (χ0v) is 5.70. The maximum absolute atomic E-state index is 6.89. The van der Waals surface area contributed by atoms with Gasteiger partial charge in [0.25, 0.3) is 0 Å². The molecule has 0 aromatic carbocycles. The van der Waals surface area contributed by atoms with E-state index in [1.807, 2.05) is 13.8 Å². The van der Waals surface area contributed by atoms with E-state index in [0.717, 1.165) is 0 Å². The molecule has 1 radical (unpaired) electrons. The average molecular weight is 149 g/mol. The Labute approximate surface area is 46.5 Å². The third-order valence-corrected chi connectivity index (χ3v) is 1.51. The summed E-state index contributed by atoms with van der Waals surface area (Å²) in [5, 5.41) is 6.89. The van der Waals surface area contributed by atoms with Crippen molar-refractivity contribution >= 4 is 20.6 Å². The van der Waals surface area contributed by atoms with Crippen molar-refractivity contribution in [2.24, 2.45) is 5.92 Å². The Morgan fingerprint density at radius 2 is 1.83 bits per heavy atom. The molecule has 0 fully saturated rings. The molecule has 6 heavy (non-hydrogen) atoms. The minimum atomic E-state index is 0.380. The molecule has 0 rings (SSSR count). The van der Waals surface area contributed by atoms with E-state index in [1.54, 1.807) is 0 Å². The Hall–Kier alpha value is 0.189. The second kappa shape index (κ2) is 2.38. The van der Waals surface area contributed by atoms with Crippen LogP contribution in [0.3, 0.4) is 0 Å². The summed E-state index contributed by atoms with van der Waals surface area (Å²) in [4.78, 5) is 0. The first-order valence-corrected chi connectivity index (χ1v) is 2.75. The van der Waals surface area contributed by atoms with Gasteiger partial charge in [-0.05, 0) is 0 Å². The average Bonchev–Trinajstić information content (AvgIpc) is 1.36. The monoisotopic (exact) mass is 150 g/mol. The van der Waals surface area contributed by atoms with Crippen molar-refractivity contribution in [3.8, 4) is 0 Å². The molecule has 2 heteroatoms. The summed E-state index contributed by atoms with van der Waals surface area (Å²) in [5.41, 5.74) is 0. The fourth-order valence-electron chi connectivity index (χ4n) is 0. The van der Waals surface area contributed by atoms with Crippen molar-refractivity contribution < 1.29 is 0 Å². The topological polar surface area (TPSA) is 23.9 Å². The van der Waals surface area contributed by atoms with E-state index >= 15 is 0 Å². The number of hydrogen-bond acceptors (Lipinski definition) is 1. The standard InChI is InChI=1S/C4H8NSe/c1-3(2)4(5)6/h3,5H,1-2H3. The summed E-state index contributed by atoms with van der Waals surface area (Å²) in [5.74, 6) is 0.380. The van der Waals surface area contributed by atoms with Crippen molar-refractivity contribution in [1.82, 2.24) is 0 Å². The van der Waals surface area contributed by atoms with Crippen LogP contribution in [0.25, 0.3) is 0 Å². The summed E-state index contributed by atoms with van der Waals surface area (Å²) >= 11 is 2.62. The molecule has 0 atom stereocenters. The van der Waals surface area contributed by atoms with Crippen molar-refractivity contribution in [3.63, 3.8) is 0 Å². The molecular weight excluding hydrogens is 141 g/mol. The summed E-state index contributed by atoms with van der Waals surface area (Å²) in [7, 11) is 0. The van der Waals surface area contributed by atoms with Crippen molar-refractivity contribution in [3.05, 3.63) is 0 Å². The van der Waals surface area contributed by atoms with Crippen molar-refractivity contribution in [1.29, 1.82) is 5.41 Å². The fraction of sp³-hybridized carbons (Fsp3) is 0.750. The molecule has 0 spiro atoms. The van der Waals surface area contributed by atoms with Crippen LogP contribution in [0.4, 0.5) is 0 Å². The molecule has 0 aliphatic carbocycles. The van der Waals surface area contributed by atoms with Gasteiger partial charge in [-0.2, -0.15) is 0 Å². The van der Waals surface area contributed by atoms with Gasteiger partial charge in [0.2, 0.25) is 0 Å². The van der Waals surface area contributed by atoms with Crippen LogP contribution in [0.2, 0.25) is 0 Å². The quantitative estimate of drug-likeness (QED) is 0.421. The second-order valence-electron chi connectivity index (χ2n) is 1.52. The van der Waals surface area contributed by atoms with Gasteiger partial charge in [0, 0.05) is 0 Å². The first-order chi connectivity index (χ1) is 2.64. The third kappa shape index (κ3) is 2.43. The summed E-state index contributed by atoms with van der Waals surface area (Å²) < 4.78 is 0.634. The van der Waals surface area contributed by atoms with Gasteiger partial charge >= 0.3 is 45.8 Å². The zero-order chi connectivity index (χ0) is 5.15. The van der Waals surface area contributed by atoms with Crippen molar-refractivity contribution in [2.45, 2.75) is 13.8 Å². The molecule has 0 aromatic rings. The van der Waals surface area contributed by atoms with E-state index in [4.69, 9.17) is 5.41 Å². The van der Waals surface area contributed by atoms with Crippen LogP contribution in [0.5, 0.6) is 0 Å². The Balaban J connectivity index is 3.26. The molecule has 0 aliphatic heterocycles. The molecule has 0 aliphatic rings. The molecule has 0 aromatic heterocycles. The van der Waals surface area contributed by atoms with Crippen LogP contribution >= 0.6 is 0 Å². The van der Waals surface area contributed by atoms with Gasteiger partial charge in [0.15, 0.2) is 0 Å². The molecule has 0 amide bonds. The van der Waals surface area contributed by atoms with Gasteiger partial charge in [-0.15, -0.1) is 0 Å². The predicted octanol–water partition coefficient (Wildman–Crippen LogP) is 0.788. The first-order valence-electron chi connectivity index (χ1n) is 1.90. The molecule has 0 heterocycles. The molecule has 0 saturated heterocycles. The number of hydrogen-bond donors (Lipinski definition) is 1. The van der Waals surface area contributed by atoms with Gasteiger partial charge in [0.05, 0.1) is 0 Å². The first kappa shape index (κ1) is 6.19. The second-order valence-corrected chi connectivity index (χ2v) is 2.44. The normalized spacial score (nSPS) is 9.17. The summed E-state index contributed by atoms with van der Waals surface area (Å²) in [6, 6.07) is 0. The predicted molar refractivity (Wildman–Crippen MR) is 28.3 cm³/mol. The Bertz CT molecular complexity index is 58.6. The molecule has 0 unspecified atom stereocenters. The van der Waals surface area contributed by atoms with Crippen LogP contribution in [0.15, 0.2) is 0 Å². The maximum atomic E-state index is 6.89. The number of rotatable bonds is 1. The Morgan fingerprint density at radius 1 is 1.67 bits per heavy atom. The van der Waals surface area contributed by atoms with E-state index in [9.17, 15) is 0 Å². The minimum absolute atomic E-state index is 0.380. The van der Waals surface area contributed by atoms with Gasteiger partial charge in [-0.25, -0.2) is 0 Å². The summed E-state index contributed by atoms with van der Waals surface area (Å²) in [6.07, 6.45) is 0. The number of nitrogens with one attached hydrogen (secondary N) is 1. The van der Waals surface area contributed by atoms with E-state index < -0.39 is 0 Å². The fourth-order valence-corrected chi connectivity index (χ4v) is 0. The van der Waals surface area contributed by atoms with Crippen LogP contribution < -0.4 is 0 Å². The van der Waals surface area contributed by atoms with Crippen LogP contribution in [0, 0.1) is 11.3 Å². The molecule has 1 nitrogen and oxygen atoms in total. The van der Waals surface area contributed by atoms with Crippen LogP contribution in [-0.4, -0.2) is 20.6 Å². The van der Waals surface area contributed by atoms with E-state index in [0.29, 0.717) is 10.5 Å². The third-order valence-electron chi connectivity index (χ3n) is 0.524. The van der Waals surface area contributed by atoms with Crippen molar-refractivity contribution in [2.75, 3.05) is 0 Å². The van der Waals surface area contributed by atoms with Gasteiger partial charge in [-0.3, -0.25) is 0 Å². The van der Waals surface area contributed by atoms with Gasteiger partial charge < -0.3 is 0 Å². The SMILES string of the molecule is CC(C)C(=N)[Se]. The van der Waals surface area contributed by atoms with E-state index in [1.165, 1.54) is 0 Å². The molecule has 0 bridgehead atoms. The van der Waals surface area contributed by atoms with E-state index in [2.05, 4.69) is 16.0 Å². The van der Waals surface area contributed by atoms with Gasteiger partial charge in [0.1, 0.15) is 0 Å². The Kier molecular flexibility index (Phi) is 2.45. The zero-order valence-electron chi connectivity index (χ0n) is 3.99. The van der Waals surface area contributed by atoms with Crippen LogP contribution in [0.1, 0.15) is 13.8 Å². The Morgan fingerprint density at radius 3 is 1.83 bits per heavy atom. The molecular formula is C4H8NSe. The molecule has 1 N–H and O–H groups in total.